The van der Waals surface area contributed by atoms with Gasteiger partial charge in [0.05, 0.1) is 17.5 Å². The van der Waals surface area contributed by atoms with Gasteiger partial charge in [0.25, 0.3) is 11.8 Å². The van der Waals surface area contributed by atoms with Gasteiger partial charge in [-0.05, 0) is 62.6 Å². The van der Waals surface area contributed by atoms with Crippen molar-refractivity contribution in [2.75, 3.05) is 18.4 Å². The number of aromatic nitrogens is 3. The lowest BCUT2D eigenvalue weighted by Gasteiger charge is -2.16. The molecule has 7 heteroatoms. The number of likely N-dealkylation sites (tertiary alicyclic amines) is 1. The lowest BCUT2D eigenvalue weighted by Crippen LogP contribution is -2.27. The zero-order valence-electron chi connectivity index (χ0n) is 16.6. The third kappa shape index (κ3) is 3.76. The fourth-order valence-corrected chi connectivity index (χ4v) is 3.57. The molecule has 29 heavy (non-hydrogen) atoms. The minimum Gasteiger partial charge on any atom is -0.339 e. The van der Waals surface area contributed by atoms with Gasteiger partial charge < -0.3 is 10.2 Å². The number of hydrogen-bond acceptors (Lipinski definition) is 4. The van der Waals surface area contributed by atoms with Crippen molar-refractivity contribution in [1.29, 1.82) is 0 Å². The van der Waals surface area contributed by atoms with E-state index < -0.39 is 0 Å². The number of benzene rings is 1. The maximum Gasteiger partial charge on any atom is 0.259 e. The molecule has 1 aliphatic rings. The average Bonchev–Trinajstić information content (AvgIpc) is 3.39. The molecule has 0 unspecified atom stereocenters. The van der Waals surface area contributed by atoms with Crippen LogP contribution < -0.4 is 5.32 Å². The molecule has 0 aliphatic carbocycles. The third-order valence-electron chi connectivity index (χ3n) is 5.24. The van der Waals surface area contributed by atoms with Crippen molar-refractivity contribution in [3.8, 4) is 5.82 Å². The summed E-state index contributed by atoms with van der Waals surface area (Å²) in [5, 5.41) is 7.23. The second kappa shape index (κ2) is 7.87. The van der Waals surface area contributed by atoms with Crippen LogP contribution in [0.15, 0.2) is 48.8 Å². The molecule has 1 fully saturated rings. The number of nitrogens with one attached hydrogen (secondary N) is 1. The van der Waals surface area contributed by atoms with Gasteiger partial charge in [0, 0.05) is 30.5 Å². The molecule has 1 aliphatic heterocycles. The number of rotatable bonds is 4. The maximum absolute atomic E-state index is 12.8. The number of aryl methyl sites for hydroxylation is 1. The Morgan fingerprint density at radius 1 is 1.07 bits per heavy atom. The summed E-state index contributed by atoms with van der Waals surface area (Å²) in [6, 6.07) is 10.9. The van der Waals surface area contributed by atoms with E-state index in [9.17, 15) is 9.59 Å². The first-order valence-electron chi connectivity index (χ1n) is 9.72. The molecule has 2 amide bonds. The van der Waals surface area contributed by atoms with Crippen LogP contribution in [0.2, 0.25) is 0 Å². The summed E-state index contributed by atoms with van der Waals surface area (Å²) in [5.74, 6) is 0.465. The predicted octanol–water partition coefficient (Wildman–Crippen LogP) is 3.37. The third-order valence-corrected chi connectivity index (χ3v) is 5.24. The Morgan fingerprint density at radius 3 is 2.55 bits per heavy atom. The van der Waals surface area contributed by atoms with Crippen molar-refractivity contribution in [2.24, 2.45) is 0 Å². The van der Waals surface area contributed by atoms with Gasteiger partial charge in [-0.1, -0.05) is 6.07 Å². The highest BCUT2D eigenvalue weighted by molar-refractivity contribution is 6.05. The SMILES string of the molecule is Cc1cc(C(=O)N2CCCC2)ccc1NC(=O)c1cnn(-c2ccccn2)c1C. The standard InChI is InChI=1S/C22H23N5O2/c1-15-13-17(22(29)26-11-5-6-12-26)8-9-19(15)25-21(28)18-14-24-27(16(18)2)20-7-3-4-10-23-20/h3-4,7-10,13-14H,5-6,11-12H2,1-2H3,(H,25,28). The molecule has 1 N–H and O–H groups in total. The predicted molar refractivity (Wildman–Crippen MR) is 110 cm³/mol. The van der Waals surface area contributed by atoms with Gasteiger partial charge in [0.15, 0.2) is 5.82 Å². The molecule has 0 spiro atoms. The molecule has 7 nitrogen and oxygen atoms in total. The van der Waals surface area contributed by atoms with Crippen LogP contribution in [0.5, 0.6) is 0 Å². The van der Waals surface area contributed by atoms with Gasteiger partial charge in [-0.15, -0.1) is 0 Å². The zero-order valence-corrected chi connectivity index (χ0v) is 16.6. The number of carbonyl (C=O) groups is 2. The molecule has 3 heterocycles. The first kappa shape index (κ1) is 18.9. The summed E-state index contributed by atoms with van der Waals surface area (Å²) < 4.78 is 1.64. The van der Waals surface area contributed by atoms with Crippen LogP contribution in [-0.2, 0) is 0 Å². The van der Waals surface area contributed by atoms with Crippen LogP contribution in [0.3, 0.4) is 0 Å². The highest BCUT2D eigenvalue weighted by Crippen LogP contribution is 2.21. The van der Waals surface area contributed by atoms with Crippen LogP contribution in [0.25, 0.3) is 5.82 Å². The van der Waals surface area contributed by atoms with Crippen LogP contribution >= 0.6 is 0 Å². The Balaban J connectivity index is 1.52. The normalized spacial score (nSPS) is 13.5. The fourth-order valence-electron chi connectivity index (χ4n) is 3.57. The van der Waals surface area contributed by atoms with Gasteiger partial charge in [0.1, 0.15) is 0 Å². The van der Waals surface area contributed by atoms with Crippen LogP contribution in [0, 0.1) is 13.8 Å². The molecule has 0 saturated carbocycles. The fraction of sp³-hybridized carbons (Fsp3) is 0.273. The largest absolute Gasteiger partial charge is 0.339 e. The van der Waals surface area contributed by atoms with Crippen molar-refractivity contribution >= 4 is 17.5 Å². The smallest absolute Gasteiger partial charge is 0.259 e. The molecular weight excluding hydrogens is 366 g/mol. The van der Waals surface area contributed by atoms with E-state index in [1.54, 1.807) is 29.2 Å². The van der Waals surface area contributed by atoms with E-state index in [1.807, 2.05) is 43.0 Å². The summed E-state index contributed by atoms with van der Waals surface area (Å²) in [4.78, 5) is 31.5. The lowest BCUT2D eigenvalue weighted by atomic mass is 10.1. The van der Waals surface area contributed by atoms with E-state index in [2.05, 4.69) is 15.4 Å². The molecule has 4 rings (SSSR count). The Bertz CT molecular complexity index is 1050. The minimum absolute atomic E-state index is 0.0518. The average molecular weight is 389 g/mol. The van der Waals surface area contributed by atoms with Crippen LogP contribution in [0.4, 0.5) is 5.69 Å². The molecule has 1 aromatic carbocycles. The van der Waals surface area contributed by atoms with E-state index >= 15 is 0 Å². The van der Waals surface area contributed by atoms with Crippen molar-refractivity contribution in [1.82, 2.24) is 19.7 Å². The van der Waals surface area contributed by atoms with Gasteiger partial charge in [0.2, 0.25) is 0 Å². The maximum atomic E-state index is 12.8. The number of hydrogen-bond donors (Lipinski definition) is 1. The minimum atomic E-state index is -0.244. The molecular formula is C22H23N5O2. The van der Waals surface area contributed by atoms with E-state index in [-0.39, 0.29) is 11.8 Å². The summed E-state index contributed by atoms with van der Waals surface area (Å²) >= 11 is 0. The molecule has 3 aromatic rings. The van der Waals surface area contributed by atoms with Gasteiger partial charge in [-0.2, -0.15) is 5.10 Å². The molecule has 0 radical (unpaired) electrons. The monoisotopic (exact) mass is 389 g/mol. The van der Waals surface area contributed by atoms with Gasteiger partial charge in [-0.25, -0.2) is 9.67 Å². The van der Waals surface area contributed by atoms with E-state index in [1.165, 1.54) is 0 Å². The van der Waals surface area contributed by atoms with Crippen molar-refractivity contribution in [3.05, 3.63) is 71.2 Å². The number of amides is 2. The van der Waals surface area contributed by atoms with Crippen molar-refractivity contribution in [3.63, 3.8) is 0 Å². The Hall–Kier alpha value is -3.48. The summed E-state index contributed by atoms with van der Waals surface area (Å²) in [6.07, 6.45) is 5.35. The van der Waals surface area contributed by atoms with Crippen molar-refractivity contribution < 1.29 is 9.59 Å². The van der Waals surface area contributed by atoms with E-state index in [0.717, 1.165) is 31.5 Å². The molecule has 2 aromatic heterocycles. The number of pyridine rings is 1. The molecule has 1 saturated heterocycles. The quantitative estimate of drug-likeness (QED) is 0.742. The Kier molecular flexibility index (Phi) is 5.12. The van der Waals surface area contributed by atoms with Gasteiger partial charge in [-0.3, -0.25) is 9.59 Å². The summed E-state index contributed by atoms with van der Waals surface area (Å²) in [6.45, 7) is 5.35. The summed E-state index contributed by atoms with van der Waals surface area (Å²) in [5.41, 5.74) is 3.37. The van der Waals surface area contributed by atoms with Crippen LogP contribution in [0.1, 0.15) is 44.8 Å². The first-order valence-corrected chi connectivity index (χ1v) is 9.72. The second-order valence-corrected chi connectivity index (χ2v) is 7.23. The molecule has 0 atom stereocenters. The second-order valence-electron chi connectivity index (χ2n) is 7.23. The van der Waals surface area contributed by atoms with E-state index in [4.69, 9.17) is 0 Å². The Morgan fingerprint density at radius 2 is 1.86 bits per heavy atom. The summed E-state index contributed by atoms with van der Waals surface area (Å²) in [7, 11) is 0. The lowest BCUT2D eigenvalue weighted by molar-refractivity contribution is 0.0792. The Labute approximate surface area is 169 Å². The van der Waals surface area contributed by atoms with E-state index in [0.29, 0.717) is 28.3 Å². The number of anilines is 1. The van der Waals surface area contributed by atoms with Gasteiger partial charge >= 0.3 is 0 Å². The zero-order chi connectivity index (χ0) is 20.4. The topological polar surface area (TPSA) is 80.1 Å². The van der Waals surface area contributed by atoms with Crippen LogP contribution in [-0.4, -0.2) is 44.6 Å². The highest BCUT2D eigenvalue weighted by atomic mass is 16.2. The molecule has 148 valence electrons. The number of nitrogens with zero attached hydrogens (tertiary/aromatic N) is 4. The first-order chi connectivity index (χ1) is 14.0. The molecule has 0 bridgehead atoms. The van der Waals surface area contributed by atoms with Crippen molar-refractivity contribution in [2.45, 2.75) is 26.7 Å². The number of carbonyl (C=O) groups excluding carboxylic acids is 2. The highest BCUT2D eigenvalue weighted by Gasteiger charge is 2.21.